The van der Waals surface area contributed by atoms with Crippen molar-refractivity contribution in [3.63, 3.8) is 0 Å². The van der Waals surface area contributed by atoms with Crippen LogP contribution in [0, 0.1) is 5.82 Å². The molecule has 0 aliphatic carbocycles. The number of halogens is 1. The number of thiophene rings is 1. The zero-order chi connectivity index (χ0) is 19.4. The molecule has 0 spiro atoms. The van der Waals surface area contributed by atoms with Gasteiger partial charge in [0.05, 0.1) is 11.6 Å². The fourth-order valence-corrected chi connectivity index (χ4v) is 3.95. The van der Waals surface area contributed by atoms with E-state index in [0.717, 1.165) is 26.2 Å². The fraction of sp³-hybridized carbons (Fsp3) is 0.368. The lowest BCUT2D eigenvalue weighted by atomic mass is 10.1. The molecule has 2 amide bonds. The molecule has 1 unspecified atom stereocenters. The molecule has 3 N–H and O–H groups in total. The van der Waals surface area contributed by atoms with Crippen LogP contribution in [0.3, 0.4) is 0 Å². The number of piperazine rings is 1. The first-order valence-electron chi connectivity index (χ1n) is 8.83. The lowest BCUT2D eigenvalue weighted by Crippen LogP contribution is -2.52. The Morgan fingerprint density at radius 3 is 2.59 bits per heavy atom. The number of nitrogens with two attached hydrogens (primary N) is 1. The van der Waals surface area contributed by atoms with E-state index in [4.69, 9.17) is 5.73 Å². The molecule has 3 rings (SSSR count). The van der Waals surface area contributed by atoms with Gasteiger partial charge < -0.3 is 11.1 Å². The van der Waals surface area contributed by atoms with Gasteiger partial charge in [-0.2, -0.15) is 0 Å². The van der Waals surface area contributed by atoms with E-state index in [9.17, 15) is 14.0 Å². The fourth-order valence-electron chi connectivity index (χ4n) is 3.16. The van der Waals surface area contributed by atoms with Crippen molar-refractivity contribution in [2.45, 2.75) is 19.5 Å². The summed E-state index contributed by atoms with van der Waals surface area (Å²) in [4.78, 5) is 28.2. The van der Waals surface area contributed by atoms with Gasteiger partial charge in [0.15, 0.2) is 0 Å². The van der Waals surface area contributed by atoms with Crippen LogP contribution in [0.5, 0.6) is 0 Å². The largest absolute Gasteiger partial charge is 0.366 e. The van der Waals surface area contributed by atoms with Gasteiger partial charge >= 0.3 is 0 Å². The van der Waals surface area contributed by atoms with Crippen LogP contribution in [0.4, 0.5) is 9.39 Å². The van der Waals surface area contributed by atoms with Gasteiger partial charge in [-0.15, -0.1) is 11.3 Å². The molecule has 1 aromatic heterocycles. The third-order valence-electron chi connectivity index (χ3n) is 4.85. The molecule has 144 valence electrons. The molecule has 0 radical (unpaired) electrons. The van der Waals surface area contributed by atoms with Crippen molar-refractivity contribution in [2.75, 3.05) is 31.5 Å². The predicted octanol–water partition coefficient (Wildman–Crippen LogP) is 2.13. The first-order valence-corrected chi connectivity index (χ1v) is 9.71. The van der Waals surface area contributed by atoms with Crippen molar-refractivity contribution >= 4 is 28.2 Å². The molecule has 1 aliphatic heterocycles. The summed E-state index contributed by atoms with van der Waals surface area (Å²) < 4.78 is 13.8. The molecule has 2 heterocycles. The SMILES string of the molecule is CC(C(=O)Nc1sccc1C(N)=O)N1CCN(Cc2ccccc2F)CC1. The summed E-state index contributed by atoms with van der Waals surface area (Å²) in [6.07, 6.45) is 0. The molecule has 1 aromatic carbocycles. The van der Waals surface area contributed by atoms with E-state index >= 15 is 0 Å². The molecule has 8 heteroatoms. The normalized spacial score (nSPS) is 16.8. The van der Waals surface area contributed by atoms with Gasteiger partial charge in [-0.05, 0) is 24.4 Å². The smallest absolute Gasteiger partial charge is 0.251 e. The first kappa shape index (κ1) is 19.5. The predicted molar refractivity (Wildman–Crippen MR) is 104 cm³/mol. The Kier molecular flexibility index (Phi) is 6.20. The maximum Gasteiger partial charge on any atom is 0.251 e. The molecular formula is C19H23FN4O2S. The van der Waals surface area contributed by atoms with Crippen LogP contribution in [0.15, 0.2) is 35.7 Å². The monoisotopic (exact) mass is 390 g/mol. The molecule has 1 aliphatic rings. The molecule has 1 fully saturated rings. The Morgan fingerprint density at radius 1 is 1.22 bits per heavy atom. The molecule has 27 heavy (non-hydrogen) atoms. The number of primary amides is 1. The lowest BCUT2D eigenvalue weighted by Gasteiger charge is -2.37. The van der Waals surface area contributed by atoms with Crippen LogP contribution in [-0.2, 0) is 11.3 Å². The minimum atomic E-state index is -0.555. The van der Waals surface area contributed by atoms with Gasteiger partial charge in [0.1, 0.15) is 10.8 Å². The van der Waals surface area contributed by atoms with E-state index in [1.54, 1.807) is 23.6 Å². The summed E-state index contributed by atoms with van der Waals surface area (Å²) in [6, 6.07) is 8.08. The molecule has 0 saturated carbocycles. The van der Waals surface area contributed by atoms with Crippen LogP contribution >= 0.6 is 11.3 Å². The standard InChI is InChI=1S/C19H23FN4O2S/c1-13(18(26)22-19-15(17(21)25)6-11-27-19)24-9-7-23(8-10-24)12-14-4-2-3-5-16(14)20/h2-6,11,13H,7-10,12H2,1H3,(H2,21,25)(H,22,26). The van der Waals surface area contributed by atoms with Crippen LogP contribution in [0.2, 0.25) is 0 Å². The number of rotatable bonds is 6. The average Bonchev–Trinajstić information content (AvgIpc) is 3.12. The maximum atomic E-state index is 13.8. The zero-order valence-corrected chi connectivity index (χ0v) is 16.0. The van der Waals surface area contributed by atoms with Crippen molar-refractivity contribution in [3.8, 4) is 0 Å². The third kappa shape index (κ3) is 4.71. The summed E-state index contributed by atoms with van der Waals surface area (Å²) >= 11 is 1.28. The number of carbonyl (C=O) groups excluding carboxylic acids is 2. The van der Waals surface area contributed by atoms with Gasteiger partial charge in [-0.3, -0.25) is 19.4 Å². The second-order valence-corrected chi connectivity index (χ2v) is 7.51. The summed E-state index contributed by atoms with van der Waals surface area (Å²) in [5, 5.41) is 5.01. The molecule has 2 aromatic rings. The number of amides is 2. The van der Waals surface area contributed by atoms with Gasteiger partial charge in [0.2, 0.25) is 5.91 Å². The Hall–Kier alpha value is -2.29. The van der Waals surface area contributed by atoms with Crippen molar-refractivity contribution in [3.05, 3.63) is 52.7 Å². The zero-order valence-electron chi connectivity index (χ0n) is 15.2. The minimum Gasteiger partial charge on any atom is -0.366 e. The highest BCUT2D eigenvalue weighted by atomic mass is 32.1. The second-order valence-electron chi connectivity index (χ2n) is 6.60. The van der Waals surface area contributed by atoms with E-state index in [1.165, 1.54) is 17.4 Å². The Balaban J connectivity index is 1.52. The van der Waals surface area contributed by atoms with E-state index < -0.39 is 5.91 Å². The van der Waals surface area contributed by atoms with Crippen LogP contribution in [0.1, 0.15) is 22.8 Å². The Morgan fingerprint density at radius 2 is 1.93 bits per heavy atom. The summed E-state index contributed by atoms with van der Waals surface area (Å²) in [6.45, 7) is 5.37. The lowest BCUT2D eigenvalue weighted by molar-refractivity contribution is -0.121. The van der Waals surface area contributed by atoms with E-state index in [2.05, 4.69) is 15.1 Å². The molecule has 1 saturated heterocycles. The van der Waals surface area contributed by atoms with Gasteiger partial charge in [-0.1, -0.05) is 18.2 Å². The number of benzene rings is 1. The highest BCUT2D eigenvalue weighted by molar-refractivity contribution is 7.14. The molecule has 6 nitrogen and oxygen atoms in total. The van der Waals surface area contributed by atoms with Gasteiger partial charge in [-0.25, -0.2) is 4.39 Å². The Bertz CT molecular complexity index is 818. The van der Waals surface area contributed by atoms with E-state index in [-0.39, 0.29) is 17.8 Å². The molecular weight excluding hydrogens is 367 g/mol. The van der Waals surface area contributed by atoms with Crippen LogP contribution in [-0.4, -0.2) is 53.8 Å². The average molecular weight is 390 g/mol. The number of nitrogens with one attached hydrogen (secondary N) is 1. The summed E-state index contributed by atoms with van der Waals surface area (Å²) in [7, 11) is 0. The molecule has 0 bridgehead atoms. The number of hydrogen-bond donors (Lipinski definition) is 2. The Labute approximate surface area is 161 Å². The highest BCUT2D eigenvalue weighted by Crippen LogP contribution is 2.23. The van der Waals surface area contributed by atoms with E-state index in [0.29, 0.717) is 22.7 Å². The van der Waals surface area contributed by atoms with Crippen molar-refractivity contribution in [2.24, 2.45) is 5.73 Å². The van der Waals surface area contributed by atoms with Crippen molar-refractivity contribution < 1.29 is 14.0 Å². The summed E-state index contributed by atoms with van der Waals surface area (Å²) in [5.41, 5.74) is 6.33. The van der Waals surface area contributed by atoms with Gasteiger partial charge in [0, 0.05) is 38.3 Å². The third-order valence-corrected chi connectivity index (χ3v) is 5.68. The quantitative estimate of drug-likeness (QED) is 0.792. The highest BCUT2D eigenvalue weighted by Gasteiger charge is 2.26. The number of carbonyl (C=O) groups is 2. The first-order chi connectivity index (χ1) is 13.0. The number of anilines is 1. The number of hydrogen-bond acceptors (Lipinski definition) is 5. The van der Waals surface area contributed by atoms with Crippen LogP contribution < -0.4 is 11.1 Å². The summed E-state index contributed by atoms with van der Waals surface area (Å²) in [5.74, 6) is -0.905. The number of nitrogens with zero attached hydrogens (tertiary/aromatic N) is 2. The van der Waals surface area contributed by atoms with Gasteiger partial charge in [0.25, 0.3) is 5.91 Å². The second kappa shape index (κ2) is 8.60. The van der Waals surface area contributed by atoms with Crippen molar-refractivity contribution in [1.29, 1.82) is 0 Å². The van der Waals surface area contributed by atoms with Crippen LogP contribution in [0.25, 0.3) is 0 Å². The minimum absolute atomic E-state index is 0.164. The van der Waals surface area contributed by atoms with Crippen molar-refractivity contribution in [1.82, 2.24) is 9.80 Å². The topological polar surface area (TPSA) is 78.7 Å². The van der Waals surface area contributed by atoms with E-state index in [1.807, 2.05) is 13.0 Å². The molecule has 1 atom stereocenters. The maximum absolute atomic E-state index is 13.8.